The molecule has 0 aliphatic heterocycles. The molecular formula is C16H13F2N5O2. The molecule has 0 bridgehead atoms. The molecule has 0 atom stereocenters. The lowest BCUT2D eigenvalue weighted by molar-refractivity contribution is -0.0504. The topological polar surface area (TPSA) is 81.9 Å². The third-order valence-corrected chi connectivity index (χ3v) is 3.37. The van der Waals surface area contributed by atoms with Gasteiger partial charge in [-0.15, -0.1) is 5.10 Å². The maximum atomic E-state index is 12.4. The van der Waals surface area contributed by atoms with E-state index in [0.717, 1.165) is 0 Å². The number of aromatic nitrogens is 4. The molecule has 0 spiro atoms. The molecule has 1 aromatic heterocycles. The second-order valence-corrected chi connectivity index (χ2v) is 4.97. The third kappa shape index (κ3) is 4.14. The first-order chi connectivity index (χ1) is 12.1. The van der Waals surface area contributed by atoms with Crippen molar-refractivity contribution in [3.05, 3.63) is 66.0 Å². The average molecular weight is 345 g/mol. The maximum absolute atomic E-state index is 12.4. The number of benzene rings is 2. The van der Waals surface area contributed by atoms with Crippen LogP contribution in [0.25, 0.3) is 5.69 Å². The molecule has 128 valence electrons. The van der Waals surface area contributed by atoms with Crippen LogP contribution >= 0.6 is 0 Å². The van der Waals surface area contributed by atoms with Gasteiger partial charge in [0.15, 0.2) is 0 Å². The highest BCUT2D eigenvalue weighted by molar-refractivity contribution is 5.94. The van der Waals surface area contributed by atoms with E-state index in [1.165, 1.54) is 17.1 Å². The van der Waals surface area contributed by atoms with Crippen molar-refractivity contribution in [2.75, 3.05) is 0 Å². The average Bonchev–Trinajstić information content (AvgIpc) is 3.15. The van der Waals surface area contributed by atoms with Gasteiger partial charge in [0, 0.05) is 17.7 Å². The Kier molecular flexibility index (Phi) is 4.93. The summed E-state index contributed by atoms with van der Waals surface area (Å²) in [6.07, 6.45) is 1.44. The number of tetrazole rings is 1. The van der Waals surface area contributed by atoms with Crippen LogP contribution in [0, 0.1) is 0 Å². The zero-order chi connectivity index (χ0) is 17.6. The summed E-state index contributed by atoms with van der Waals surface area (Å²) in [6.45, 7) is -2.85. The molecule has 0 unspecified atom stereocenters. The number of ether oxygens (including phenoxy) is 1. The Balaban J connectivity index is 1.65. The number of halogens is 2. The summed E-state index contributed by atoms with van der Waals surface area (Å²) in [4.78, 5) is 12.2. The van der Waals surface area contributed by atoms with Crippen LogP contribution in [0.3, 0.4) is 0 Å². The van der Waals surface area contributed by atoms with Crippen molar-refractivity contribution in [3.8, 4) is 11.4 Å². The highest BCUT2D eigenvalue weighted by Gasteiger charge is 2.11. The van der Waals surface area contributed by atoms with Gasteiger partial charge < -0.3 is 10.1 Å². The first-order valence-electron chi connectivity index (χ1n) is 7.28. The van der Waals surface area contributed by atoms with Gasteiger partial charge in [0.2, 0.25) is 0 Å². The second-order valence-electron chi connectivity index (χ2n) is 4.97. The van der Waals surface area contributed by atoms with Crippen molar-refractivity contribution in [2.24, 2.45) is 0 Å². The van der Waals surface area contributed by atoms with Gasteiger partial charge in [-0.3, -0.25) is 4.79 Å². The molecular weight excluding hydrogens is 332 g/mol. The van der Waals surface area contributed by atoms with Crippen molar-refractivity contribution in [1.82, 2.24) is 25.5 Å². The number of carbonyl (C=O) groups is 1. The van der Waals surface area contributed by atoms with Crippen LogP contribution in [-0.2, 0) is 6.54 Å². The Morgan fingerprint density at radius 3 is 2.60 bits per heavy atom. The summed E-state index contributed by atoms with van der Waals surface area (Å²) in [7, 11) is 0. The first kappa shape index (κ1) is 16.5. The van der Waals surface area contributed by atoms with E-state index in [-0.39, 0.29) is 18.2 Å². The fourth-order valence-corrected chi connectivity index (χ4v) is 2.18. The molecule has 2 aromatic carbocycles. The summed E-state index contributed by atoms with van der Waals surface area (Å²) >= 11 is 0. The number of alkyl halides is 2. The van der Waals surface area contributed by atoms with Gasteiger partial charge >= 0.3 is 6.61 Å². The summed E-state index contributed by atoms with van der Waals surface area (Å²) in [5.74, 6) is -0.304. The molecule has 3 rings (SSSR count). The van der Waals surface area contributed by atoms with Gasteiger partial charge in [-0.05, 0) is 40.8 Å². The minimum atomic E-state index is -2.92. The SMILES string of the molecule is O=C(NCc1ccccc1OC(F)F)c1ccc(-n2cnnn2)cc1. The van der Waals surface area contributed by atoms with Crippen LogP contribution in [0.1, 0.15) is 15.9 Å². The third-order valence-electron chi connectivity index (χ3n) is 3.37. The lowest BCUT2D eigenvalue weighted by Gasteiger charge is -2.11. The van der Waals surface area contributed by atoms with E-state index >= 15 is 0 Å². The molecule has 0 aliphatic rings. The van der Waals surface area contributed by atoms with Crippen LogP contribution in [0.4, 0.5) is 8.78 Å². The molecule has 9 heteroatoms. The Morgan fingerprint density at radius 2 is 1.92 bits per heavy atom. The minimum Gasteiger partial charge on any atom is -0.434 e. The van der Waals surface area contributed by atoms with E-state index in [4.69, 9.17) is 0 Å². The fraction of sp³-hybridized carbons (Fsp3) is 0.125. The summed E-state index contributed by atoms with van der Waals surface area (Å²) in [5.41, 5.74) is 1.59. The number of nitrogens with one attached hydrogen (secondary N) is 1. The van der Waals surface area contributed by atoms with Crippen LogP contribution in [0.2, 0.25) is 0 Å². The monoisotopic (exact) mass is 345 g/mol. The normalized spacial score (nSPS) is 10.7. The first-order valence-corrected chi connectivity index (χ1v) is 7.28. The van der Waals surface area contributed by atoms with Crippen LogP contribution in [-0.4, -0.2) is 32.7 Å². The number of rotatable bonds is 6. The zero-order valence-corrected chi connectivity index (χ0v) is 12.8. The van der Waals surface area contributed by atoms with Crippen molar-refractivity contribution in [3.63, 3.8) is 0 Å². The van der Waals surface area contributed by atoms with E-state index in [2.05, 4.69) is 25.6 Å². The standard InChI is InChI=1S/C16H13F2N5O2/c17-16(18)25-14-4-2-1-3-12(14)9-19-15(24)11-5-7-13(8-6-11)23-10-20-21-22-23/h1-8,10,16H,9H2,(H,19,24). The highest BCUT2D eigenvalue weighted by atomic mass is 19.3. The fourth-order valence-electron chi connectivity index (χ4n) is 2.18. The molecule has 1 N–H and O–H groups in total. The number of carbonyl (C=O) groups excluding carboxylic acids is 1. The Morgan fingerprint density at radius 1 is 1.16 bits per heavy atom. The quantitative estimate of drug-likeness (QED) is 0.741. The van der Waals surface area contributed by atoms with Gasteiger partial charge in [-0.2, -0.15) is 8.78 Å². The molecule has 1 amide bonds. The van der Waals surface area contributed by atoms with E-state index in [0.29, 0.717) is 16.8 Å². The predicted octanol–water partition coefficient (Wildman–Crippen LogP) is 2.19. The molecule has 7 nitrogen and oxygen atoms in total. The lowest BCUT2D eigenvalue weighted by atomic mass is 10.1. The van der Waals surface area contributed by atoms with Crippen LogP contribution in [0.5, 0.6) is 5.75 Å². The van der Waals surface area contributed by atoms with E-state index in [9.17, 15) is 13.6 Å². The van der Waals surface area contributed by atoms with E-state index in [1.807, 2.05) is 0 Å². The Labute approximate surface area is 141 Å². The van der Waals surface area contributed by atoms with Gasteiger partial charge in [0.05, 0.1) is 5.69 Å². The molecule has 0 saturated carbocycles. The zero-order valence-electron chi connectivity index (χ0n) is 12.8. The summed E-state index contributed by atoms with van der Waals surface area (Å²) < 4.78 is 30.7. The van der Waals surface area contributed by atoms with Crippen molar-refractivity contribution in [1.29, 1.82) is 0 Å². The van der Waals surface area contributed by atoms with Gasteiger partial charge in [-0.25, -0.2) is 4.68 Å². The predicted molar refractivity (Wildman–Crippen MR) is 83.4 cm³/mol. The van der Waals surface area contributed by atoms with Gasteiger partial charge in [0.25, 0.3) is 5.91 Å². The van der Waals surface area contributed by atoms with Crippen molar-refractivity contribution >= 4 is 5.91 Å². The van der Waals surface area contributed by atoms with Gasteiger partial charge in [0.1, 0.15) is 12.1 Å². The molecule has 3 aromatic rings. The molecule has 0 aliphatic carbocycles. The lowest BCUT2D eigenvalue weighted by Crippen LogP contribution is -2.23. The molecule has 0 saturated heterocycles. The number of hydrogen-bond acceptors (Lipinski definition) is 5. The number of nitrogens with zero attached hydrogens (tertiary/aromatic N) is 4. The molecule has 0 radical (unpaired) electrons. The van der Waals surface area contributed by atoms with Crippen LogP contribution in [0.15, 0.2) is 54.9 Å². The maximum Gasteiger partial charge on any atom is 0.387 e. The molecule has 25 heavy (non-hydrogen) atoms. The van der Waals surface area contributed by atoms with E-state index in [1.54, 1.807) is 42.5 Å². The minimum absolute atomic E-state index is 0.0341. The van der Waals surface area contributed by atoms with Crippen molar-refractivity contribution < 1.29 is 18.3 Å². The smallest absolute Gasteiger partial charge is 0.387 e. The molecule has 0 fully saturated rings. The summed E-state index contributed by atoms with van der Waals surface area (Å²) in [5, 5.41) is 13.5. The Hall–Kier alpha value is -3.36. The second kappa shape index (κ2) is 7.47. The Bertz CT molecular complexity index is 838. The number of amides is 1. The highest BCUT2D eigenvalue weighted by Crippen LogP contribution is 2.20. The van der Waals surface area contributed by atoms with E-state index < -0.39 is 6.61 Å². The molecule has 1 heterocycles. The number of para-hydroxylation sites is 1. The van der Waals surface area contributed by atoms with Crippen molar-refractivity contribution in [2.45, 2.75) is 13.2 Å². The number of hydrogen-bond donors (Lipinski definition) is 1. The van der Waals surface area contributed by atoms with Crippen LogP contribution < -0.4 is 10.1 Å². The largest absolute Gasteiger partial charge is 0.434 e. The van der Waals surface area contributed by atoms with Gasteiger partial charge in [-0.1, -0.05) is 18.2 Å². The summed E-state index contributed by atoms with van der Waals surface area (Å²) in [6, 6.07) is 12.9.